The predicted octanol–water partition coefficient (Wildman–Crippen LogP) is 1.96. The minimum Gasteiger partial charge on any atom is -0.373 e. The van der Waals surface area contributed by atoms with Crippen molar-refractivity contribution < 1.29 is 17.7 Å². The zero-order valence-corrected chi connectivity index (χ0v) is 17.3. The molecule has 1 saturated heterocycles. The Morgan fingerprint density at radius 3 is 2.69 bits per heavy atom. The lowest BCUT2D eigenvalue weighted by atomic mass is 10.0. The molecule has 3 heterocycles. The predicted molar refractivity (Wildman–Crippen MR) is 106 cm³/mol. The van der Waals surface area contributed by atoms with Crippen LogP contribution in [0.3, 0.4) is 0 Å². The Kier molecular flexibility index (Phi) is 5.30. The van der Waals surface area contributed by atoms with Gasteiger partial charge in [-0.3, -0.25) is 4.79 Å². The Morgan fingerprint density at radius 2 is 2.07 bits per heavy atom. The highest BCUT2D eigenvalue weighted by atomic mass is 32.2. The number of hydrogen-bond donors (Lipinski definition) is 2. The lowest BCUT2D eigenvalue weighted by Crippen LogP contribution is -2.50. The SMILES string of the molecule is CNc1ccc(S(=O)(=O)N2CC[C@@H](NC(=O)c3cc(C4CC4)on3)C[C@@H]2C)cn1. The van der Waals surface area contributed by atoms with Gasteiger partial charge in [-0.05, 0) is 44.7 Å². The molecule has 2 aromatic rings. The molecule has 2 atom stereocenters. The molecule has 0 bridgehead atoms. The molecule has 156 valence electrons. The first kappa shape index (κ1) is 19.8. The quantitative estimate of drug-likeness (QED) is 0.735. The van der Waals surface area contributed by atoms with Gasteiger partial charge in [0.1, 0.15) is 16.5 Å². The summed E-state index contributed by atoms with van der Waals surface area (Å²) in [6.45, 7) is 2.18. The van der Waals surface area contributed by atoms with Gasteiger partial charge in [-0.2, -0.15) is 4.31 Å². The summed E-state index contributed by atoms with van der Waals surface area (Å²) in [5, 5.41) is 9.70. The Morgan fingerprint density at radius 1 is 1.28 bits per heavy atom. The largest absolute Gasteiger partial charge is 0.373 e. The number of pyridine rings is 1. The number of amides is 1. The first-order chi connectivity index (χ1) is 13.9. The fraction of sp³-hybridized carbons (Fsp3) is 0.526. The highest BCUT2D eigenvalue weighted by Gasteiger charge is 2.36. The molecule has 1 aliphatic heterocycles. The Labute approximate surface area is 169 Å². The number of aromatic nitrogens is 2. The van der Waals surface area contributed by atoms with Crippen LogP contribution in [0.25, 0.3) is 0 Å². The van der Waals surface area contributed by atoms with Gasteiger partial charge in [0.15, 0.2) is 5.69 Å². The van der Waals surface area contributed by atoms with Crippen LogP contribution in [-0.4, -0.2) is 54.4 Å². The van der Waals surface area contributed by atoms with E-state index >= 15 is 0 Å². The number of carbonyl (C=O) groups excluding carboxylic acids is 1. The monoisotopic (exact) mass is 419 g/mol. The van der Waals surface area contributed by atoms with Crippen molar-refractivity contribution in [3.63, 3.8) is 0 Å². The van der Waals surface area contributed by atoms with Gasteiger partial charge in [0.2, 0.25) is 10.0 Å². The normalized spacial score (nSPS) is 23.0. The second kappa shape index (κ2) is 7.75. The third kappa shape index (κ3) is 4.13. The summed E-state index contributed by atoms with van der Waals surface area (Å²) in [6, 6.07) is 4.53. The summed E-state index contributed by atoms with van der Waals surface area (Å²) in [6.07, 6.45) is 4.58. The minimum atomic E-state index is -3.64. The third-order valence-electron chi connectivity index (χ3n) is 5.49. The van der Waals surface area contributed by atoms with Gasteiger partial charge in [0.25, 0.3) is 5.91 Å². The van der Waals surface area contributed by atoms with Gasteiger partial charge in [-0.25, -0.2) is 13.4 Å². The summed E-state index contributed by atoms with van der Waals surface area (Å²) in [5.41, 5.74) is 0.283. The van der Waals surface area contributed by atoms with Gasteiger partial charge >= 0.3 is 0 Å². The molecule has 10 heteroatoms. The summed E-state index contributed by atoms with van der Waals surface area (Å²) in [5.74, 6) is 1.49. The van der Waals surface area contributed by atoms with Gasteiger partial charge in [0, 0.05) is 43.9 Å². The molecule has 0 radical (unpaired) electrons. The fourth-order valence-corrected chi connectivity index (χ4v) is 5.27. The van der Waals surface area contributed by atoms with Crippen LogP contribution in [0.2, 0.25) is 0 Å². The number of nitrogens with zero attached hydrogens (tertiary/aromatic N) is 3. The molecule has 2 aromatic heterocycles. The minimum absolute atomic E-state index is 0.116. The zero-order chi connectivity index (χ0) is 20.6. The van der Waals surface area contributed by atoms with Crippen molar-refractivity contribution in [3.8, 4) is 0 Å². The number of sulfonamides is 1. The Hall–Kier alpha value is -2.46. The topological polar surface area (TPSA) is 117 Å². The van der Waals surface area contributed by atoms with E-state index in [0.29, 0.717) is 31.1 Å². The van der Waals surface area contributed by atoms with Crippen molar-refractivity contribution in [2.24, 2.45) is 0 Å². The van der Waals surface area contributed by atoms with Crippen molar-refractivity contribution in [1.29, 1.82) is 0 Å². The Bertz CT molecular complexity index is 984. The first-order valence-electron chi connectivity index (χ1n) is 9.81. The first-order valence-corrected chi connectivity index (χ1v) is 11.3. The maximum Gasteiger partial charge on any atom is 0.273 e. The maximum absolute atomic E-state index is 13.0. The highest BCUT2D eigenvalue weighted by Crippen LogP contribution is 2.40. The zero-order valence-electron chi connectivity index (χ0n) is 16.5. The number of carbonyl (C=O) groups is 1. The van der Waals surface area contributed by atoms with E-state index in [1.54, 1.807) is 25.2 Å². The fourth-order valence-electron chi connectivity index (χ4n) is 3.67. The summed E-state index contributed by atoms with van der Waals surface area (Å²) < 4.78 is 32.7. The van der Waals surface area contributed by atoms with Crippen molar-refractivity contribution in [2.45, 2.75) is 55.5 Å². The van der Waals surface area contributed by atoms with Crippen molar-refractivity contribution in [1.82, 2.24) is 19.8 Å². The van der Waals surface area contributed by atoms with Gasteiger partial charge < -0.3 is 15.2 Å². The van der Waals surface area contributed by atoms with Gasteiger partial charge in [0.05, 0.1) is 0 Å². The molecule has 1 aliphatic carbocycles. The van der Waals surface area contributed by atoms with E-state index in [1.165, 1.54) is 10.5 Å². The molecule has 0 unspecified atom stereocenters. The van der Waals surface area contributed by atoms with Crippen molar-refractivity contribution in [3.05, 3.63) is 35.9 Å². The van der Waals surface area contributed by atoms with Crippen LogP contribution >= 0.6 is 0 Å². The number of nitrogens with one attached hydrogen (secondary N) is 2. The molecule has 1 saturated carbocycles. The van der Waals surface area contributed by atoms with E-state index in [1.807, 2.05) is 6.92 Å². The summed E-state index contributed by atoms with van der Waals surface area (Å²) in [7, 11) is -1.91. The summed E-state index contributed by atoms with van der Waals surface area (Å²) in [4.78, 5) is 16.7. The van der Waals surface area contributed by atoms with Crippen LogP contribution in [0.4, 0.5) is 5.82 Å². The van der Waals surface area contributed by atoms with Crippen molar-refractivity contribution in [2.75, 3.05) is 18.9 Å². The maximum atomic E-state index is 13.0. The molecule has 4 rings (SSSR count). The molecule has 2 N–H and O–H groups in total. The van der Waals surface area contributed by atoms with Crippen LogP contribution in [0.1, 0.15) is 54.8 Å². The number of hydrogen-bond acceptors (Lipinski definition) is 7. The van der Waals surface area contributed by atoms with Gasteiger partial charge in [-0.1, -0.05) is 5.16 Å². The number of anilines is 1. The van der Waals surface area contributed by atoms with E-state index in [4.69, 9.17) is 4.52 Å². The highest BCUT2D eigenvalue weighted by molar-refractivity contribution is 7.89. The molecule has 2 aliphatic rings. The molecule has 9 nitrogen and oxygen atoms in total. The molecule has 0 spiro atoms. The second-order valence-corrected chi connectivity index (χ2v) is 9.57. The second-order valence-electron chi connectivity index (χ2n) is 7.68. The van der Waals surface area contributed by atoms with E-state index in [-0.39, 0.29) is 28.6 Å². The lowest BCUT2D eigenvalue weighted by Gasteiger charge is -2.36. The van der Waals surface area contributed by atoms with Gasteiger partial charge in [-0.15, -0.1) is 0 Å². The number of piperidine rings is 1. The van der Waals surface area contributed by atoms with E-state index in [0.717, 1.165) is 18.6 Å². The summed E-state index contributed by atoms with van der Waals surface area (Å²) >= 11 is 0. The molecular weight excluding hydrogens is 394 g/mol. The third-order valence-corrected chi connectivity index (χ3v) is 7.49. The van der Waals surface area contributed by atoms with Crippen LogP contribution < -0.4 is 10.6 Å². The van der Waals surface area contributed by atoms with Crippen molar-refractivity contribution >= 4 is 21.7 Å². The lowest BCUT2D eigenvalue weighted by molar-refractivity contribution is 0.0905. The smallest absolute Gasteiger partial charge is 0.273 e. The van der Waals surface area contributed by atoms with Crippen LogP contribution in [0.5, 0.6) is 0 Å². The average Bonchev–Trinajstić information content (AvgIpc) is 3.44. The molecular formula is C19H25N5O4S. The van der Waals surface area contributed by atoms with E-state index in [2.05, 4.69) is 20.8 Å². The molecule has 0 aromatic carbocycles. The van der Waals surface area contributed by atoms with E-state index in [9.17, 15) is 13.2 Å². The average molecular weight is 420 g/mol. The molecule has 2 fully saturated rings. The van der Waals surface area contributed by atoms with Crippen LogP contribution in [0, 0.1) is 0 Å². The Balaban J connectivity index is 1.38. The number of rotatable bonds is 6. The molecule has 1 amide bonds. The van der Waals surface area contributed by atoms with Crippen LogP contribution in [0.15, 0.2) is 33.8 Å². The standard InChI is InChI=1S/C19H25N5O4S/c1-12-9-14(22-19(25)16-10-17(28-23-16)13-3-4-13)7-8-24(12)29(26,27)15-5-6-18(20-2)21-11-15/h5-6,10-14H,3-4,7-9H2,1-2H3,(H,20,21)(H,22,25)/t12-,14+/m0/s1. The van der Waals surface area contributed by atoms with Crippen LogP contribution in [-0.2, 0) is 10.0 Å². The molecule has 29 heavy (non-hydrogen) atoms. The van der Waals surface area contributed by atoms with E-state index < -0.39 is 10.0 Å².